The van der Waals surface area contributed by atoms with Crippen molar-refractivity contribution in [1.82, 2.24) is 0 Å². The monoisotopic (exact) mass is 452 g/mol. The van der Waals surface area contributed by atoms with Gasteiger partial charge in [-0.1, -0.05) is 65.2 Å². The summed E-state index contributed by atoms with van der Waals surface area (Å²) in [5.41, 5.74) is 0. The summed E-state index contributed by atoms with van der Waals surface area (Å²) < 4.78 is 146. The molecule has 0 amide bonds. The molecule has 0 aliphatic heterocycles. The van der Waals surface area contributed by atoms with Gasteiger partial charge in [-0.2, -0.15) is 48.3 Å². The molecule has 0 aromatic heterocycles. The summed E-state index contributed by atoms with van der Waals surface area (Å²) >= 11 is 0. The topological polar surface area (TPSA) is 0 Å². The maximum atomic E-state index is 14.4. The van der Waals surface area contributed by atoms with E-state index < -0.39 is 48.6 Å². The minimum absolute atomic E-state index is 0.0564. The molecule has 29 heavy (non-hydrogen) atoms. The fourth-order valence-electron chi connectivity index (χ4n) is 2.98. The zero-order valence-corrected chi connectivity index (χ0v) is 16.3. The van der Waals surface area contributed by atoms with Crippen LogP contribution in [-0.4, -0.2) is 29.9 Å². The van der Waals surface area contributed by atoms with E-state index in [1.165, 1.54) is 0 Å². The van der Waals surface area contributed by atoms with Gasteiger partial charge in [0.15, 0.2) is 0 Å². The normalized spacial score (nSPS) is 14.7. The first-order valence-electron chi connectivity index (χ1n) is 9.60. The second kappa shape index (κ2) is 10.5. The molecule has 0 aliphatic rings. The van der Waals surface area contributed by atoms with Crippen LogP contribution in [0.5, 0.6) is 0 Å². The average Bonchev–Trinajstić information content (AvgIpc) is 2.58. The molecule has 11 heteroatoms. The number of unbranched alkanes of at least 4 members (excludes halogenated alkanes) is 6. The first-order valence-corrected chi connectivity index (χ1v) is 9.60. The lowest BCUT2D eigenvalue weighted by atomic mass is 9.82. The standard InChI is InChI=1S/C18H27F11/c1-3-5-7-9-11-13(12-10-8-6-4-2)14(19,20)15(21,22)16(23,24)17(25,26)18(27,28)29/h13H,3-12H2,1-2H3. The molecule has 0 rings (SSSR count). The van der Waals surface area contributed by atoms with Crippen LogP contribution in [0.25, 0.3) is 0 Å². The van der Waals surface area contributed by atoms with Gasteiger partial charge >= 0.3 is 29.9 Å². The molecule has 0 saturated heterocycles. The van der Waals surface area contributed by atoms with Crippen molar-refractivity contribution in [2.24, 2.45) is 5.92 Å². The lowest BCUT2D eigenvalue weighted by Crippen LogP contribution is -2.67. The second-order valence-electron chi connectivity index (χ2n) is 7.24. The van der Waals surface area contributed by atoms with E-state index in [1.807, 2.05) is 0 Å². The van der Waals surface area contributed by atoms with Crippen molar-refractivity contribution in [3.05, 3.63) is 0 Å². The number of halogens is 11. The van der Waals surface area contributed by atoms with Gasteiger partial charge in [-0.05, 0) is 12.8 Å². The van der Waals surface area contributed by atoms with E-state index in [9.17, 15) is 48.3 Å². The molecule has 0 N–H and O–H groups in total. The van der Waals surface area contributed by atoms with Gasteiger partial charge in [-0.15, -0.1) is 0 Å². The largest absolute Gasteiger partial charge is 0.460 e. The predicted molar refractivity (Wildman–Crippen MR) is 86.9 cm³/mol. The smallest absolute Gasteiger partial charge is 0.199 e. The summed E-state index contributed by atoms with van der Waals surface area (Å²) in [6, 6.07) is 0. The highest BCUT2D eigenvalue weighted by atomic mass is 19.4. The van der Waals surface area contributed by atoms with E-state index in [2.05, 4.69) is 0 Å². The maximum Gasteiger partial charge on any atom is 0.460 e. The average molecular weight is 452 g/mol. The maximum absolute atomic E-state index is 14.4. The molecule has 0 aromatic carbocycles. The fraction of sp³-hybridized carbons (Fsp3) is 1.00. The third kappa shape index (κ3) is 6.12. The van der Waals surface area contributed by atoms with Gasteiger partial charge in [-0.3, -0.25) is 0 Å². The molecule has 0 saturated carbocycles. The van der Waals surface area contributed by atoms with E-state index in [1.54, 1.807) is 13.8 Å². The van der Waals surface area contributed by atoms with Gasteiger partial charge in [-0.25, -0.2) is 0 Å². The zero-order chi connectivity index (χ0) is 23.1. The molecule has 176 valence electrons. The highest BCUT2D eigenvalue weighted by molar-refractivity contribution is 5.07. The van der Waals surface area contributed by atoms with Crippen LogP contribution in [0, 0.1) is 5.92 Å². The molecule has 0 fully saturated rings. The summed E-state index contributed by atoms with van der Waals surface area (Å²) in [4.78, 5) is 0. The summed E-state index contributed by atoms with van der Waals surface area (Å²) in [7, 11) is 0. The van der Waals surface area contributed by atoms with Crippen LogP contribution < -0.4 is 0 Å². The molecule has 0 aliphatic carbocycles. The minimum Gasteiger partial charge on any atom is -0.199 e. The molecule has 0 atom stereocenters. The van der Waals surface area contributed by atoms with E-state index in [4.69, 9.17) is 0 Å². The van der Waals surface area contributed by atoms with E-state index in [0.717, 1.165) is 0 Å². The van der Waals surface area contributed by atoms with E-state index >= 15 is 0 Å². The molecule has 0 bridgehead atoms. The minimum atomic E-state index is -7.32. The Hall–Kier alpha value is -0.770. The van der Waals surface area contributed by atoms with Gasteiger partial charge in [0.2, 0.25) is 0 Å². The highest BCUT2D eigenvalue weighted by Gasteiger charge is 2.87. The lowest BCUT2D eigenvalue weighted by Gasteiger charge is -2.40. The highest BCUT2D eigenvalue weighted by Crippen LogP contribution is 2.59. The van der Waals surface area contributed by atoms with Crippen LogP contribution in [0.15, 0.2) is 0 Å². The zero-order valence-electron chi connectivity index (χ0n) is 16.3. The van der Waals surface area contributed by atoms with Crippen molar-refractivity contribution in [1.29, 1.82) is 0 Å². The van der Waals surface area contributed by atoms with Gasteiger partial charge in [0, 0.05) is 5.92 Å². The Morgan fingerprint density at radius 3 is 1.17 bits per heavy atom. The Kier molecular flexibility index (Phi) is 10.2. The Morgan fingerprint density at radius 2 is 0.862 bits per heavy atom. The van der Waals surface area contributed by atoms with Gasteiger partial charge < -0.3 is 0 Å². The SMILES string of the molecule is CCCCCCC(CCCCCC)C(F)(F)C(F)(F)C(F)(F)C(F)(F)C(F)(F)F. The van der Waals surface area contributed by atoms with Crippen molar-refractivity contribution in [2.45, 2.75) is 108 Å². The number of hydrogen-bond acceptors (Lipinski definition) is 0. The second-order valence-corrected chi connectivity index (χ2v) is 7.24. The van der Waals surface area contributed by atoms with Gasteiger partial charge in [0.05, 0.1) is 0 Å². The number of hydrogen-bond donors (Lipinski definition) is 0. The lowest BCUT2D eigenvalue weighted by molar-refractivity contribution is -0.427. The van der Waals surface area contributed by atoms with Crippen molar-refractivity contribution < 1.29 is 48.3 Å². The van der Waals surface area contributed by atoms with Crippen molar-refractivity contribution >= 4 is 0 Å². The Balaban J connectivity index is 5.78. The third-order valence-corrected chi connectivity index (χ3v) is 4.89. The van der Waals surface area contributed by atoms with Crippen LogP contribution >= 0.6 is 0 Å². The Morgan fingerprint density at radius 1 is 0.483 bits per heavy atom. The Labute approximate surface area is 163 Å². The van der Waals surface area contributed by atoms with Crippen molar-refractivity contribution in [3.63, 3.8) is 0 Å². The quantitative estimate of drug-likeness (QED) is 0.183. The molecule has 0 radical (unpaired) electrons. The summed E-state index contributed by atoms with van der Waals surface area (Å²) in [5, 5.41) is 0. The summed E-state index contributed by atoms with van der Waals surface area (Å²) in [6.07, 6.45) is -5.54. The van der Waals surface area contributed by atoms with Gasteiger partial charge in [0.25, 0.3) is 0 Å². The third-order valence-electron chi connectivity index (χ3n) is 4.89. The van der Waals surface area contributed by atoms with Crippen LogP contribution in [-0.2, 0) is 0 Å². The molecule has 0 unspecified atom stereocenters. The van der Waals surface area contributed by atoms with Crippen LogP contribution in [0.2, 0.25) is 0 Å². The summed E-state index contributed by atoms with van der Waals surface area (Å²) in [5.74, 6) is -29.7. The molecule has 0 heterocycles. The number of rotatable bonds is 14. The molecule has 0 nitrogen and oxygen atoms in total. The molecular weight excluding hydrogens is 425 g/mol. The Bertz CT molecular complexity index is 457. The van der Waals surface area contributed by atoms with Gasteiger partial charge in [0.1, 0.15) is 0 Å². The van der Waals surface area contributed by atoms with Crippen molar-refractivity contribution in [3.8, 4) is 0 Å². The molecule has 0 aromatic rings. The molecule has 0 spiro atoms. The van der Waals surface area contributed by atoms with Crippen molar-refractivity contribution in [2.75, 3.05) is 0 Å². The first-order chi connectivity index (χ1) is 13.0. The van der Waals surface area contributed by atoms with Crippen LogP contribution in [0.4, 0.5) is 48.3 Å². The van der Waals surface area contributed by atoms with Crippen LogP contribution in [0.1, 0.15) is 78.1 Å². The predicted octanol–water partition coefficient (Wildman–Crippen LogP) is 8.65. The first kappa shape index (κ1) is 28.2. The van der Waals surface area contributed by atoms with E-state index in [0.29, 0.717) is 38.5 Å². The van der Waals surface area contributed by atoms with E-state index in [-0.39, 0.29) is 12.8 Å². The fourth-order valence-corrected chi connectivity index (χ4v) is 2.98. The summed E-state index contributed by atoms with van der Waals surface area (Å²) in [6.45, 7) is 3.54. The molecular formula is C18H27F11. The number of alkyl halides is 11. The van der Waals surface area contributed by atoms with Crippen LogP contribution in [0.3, 0.4) is 0 Å².